The summed E-state index contributed by atoms with van der Waals surface area (Å²) in [6.45, 7) is 18.9. The first-order valence-electron chi connectivity index (χ1n) is 11.6. The Hall–Kier alpha value is -2.07. The molecule has 1 aliphatic heterocycles. The van der Waals surface area contributed by atoms with Gasteiger partial charge in [0.2, 0.25) is 15.0 Å². The Kier molecular flexibility index (Phi) is 7.19. The Morgan fingerprint density at radius 1 is 0.939 bits per heavy atom. The van der Waals surface area contributed by atoms with E-state index in [1.54, 1.807) is 14.0 Å². The third kappa shape index (κ3) is 6.09. The van der Waals surface area contributed by atoms with E-state index < -0.39 is 9.84 Å². The molecule has 9 nitrogen and oxygen atoms in total. The zero-order valence-corrected chi connectivity index (χ0v) is 22.2. The van der Waals surface area contributed by atoms with Crippen molar-refractivity contribution >= 4 is 15.7 Å². The van der Waals surface area contributed by atoms with Crippen LogP contribution < -0.4 is 4.90 Å². The third-order valence-electron chi connectivity index (χ3n) is 6.07. The van der Waals surface area contributed by atoms with E-state index in [9.17, 15) is 8.42 Å². The van der Waals surface area contributed by atoms with E-state index in [0.717, 1.165) is 50.1 Å². The van der Waals surface area contributed by atoms with Crippen LogP contribution in [0.15, 0.2) is 11.2 Å². The molecule has 1 saturated heterocycles. The molecule has 0 N–H and O–H groups in total. The van der Waals surface area contributed by atoms with Crippen molar-refractivity contribution in [2.24, 2.45) is 7.05 Å². The number of aryl methyl sites for hydroxylation is 1. The van der Waals surface area contributed by atoms with Gasteiger partial charge >= 0.3 is 0 Å². The molecule has 2 aromatic heterocycles. The predicted molar refractivity (Wildman–Crippen MR) is 130 cm³/mol. The van der Waals surface area contributed by atoms with Crippen LogP contribution in [0.1, 0.15) is 65.3 Å². The molecule has 0 radical (unpaired) electrons. The van der Waals surface area contributed by atoms with Crippen molar-refractivity contribution in [2.45, 2.75) is 70.9 Å². The number of anilines is 1. The van der Waals surface area contributed by atoms with E-state index >= 15 is 0 Å². The van der Waals surface area contributed by atoms with Crippen LogP contribution in [0.3, 0.4) is 0 Å². The molecule has 0 amide bonds. The van der Waals surface area contributed by atoms with Gasteiger partial charge in [-0.2, -0.15) is 0 Å². The first kappa shape index (κ1) is 25.6. The third-order valence-corrected chi connectivity index (χ3v) is 7.80. The van der Waals surface area contributed by atoms with Gasteiger partial charge in [0.05, 0.1) is 11.4 Å². The number of piperazine rings is 1. The summed E-state index contributed by atoms with van der Waals surface area (Å²) in [5.74, 6) is 2.53. The van der Waals surface area contributed by atoms with Gasteiger partial charge in [-0.15, -0.1) is 10.2 Å². The number of rotatable bonds is 6. The van der Waals surface area contributed by atoms with Crippen LogP contribution in [0.2, 0.25) is 0 Å². The maximum Gasteiger partial charge on any atom is 0.249 e. The highest BCUT2D eigenvalue weighted by molar-refractivity contribution is 7.91. The SMILES string of the molecule is Cc1nnc(S(=O)(=O)CCCN2CCN(c3cc(C(C)(C)C)nc(C(C)(C)C)n3)CC2)n1C. The summed E-state index contributed by atoms with van der Waals surface area (Å²) in [7, 11) is -1.74. The van der Waals surface area contributed by atoms with Crippen molar-refractivity contribution in [1.82, 2.24) is 29.6 Å². The minimum Gasteiger partial charge on any atom is -0.354 e. The van der Waals surface area contributed by atoms with Gasteiger partial charge in [0.25, 0.3) is 0 Å². The lowest BCUT2D eigenvalue weighted by molar-refractivity contribution is 0.258. The van der Waals surface area contributed by atoms with E-state index in [1.807, 2.05) is 0 Å². The minimum atomic E-state index is -3.43. The Morgan fingerprint density at radius 3 is 2.09 bits per heavy atom. The molecule has 1 fully saturated rings. The molecule has 33 heavy (non-hydrogen) atoms. The lowest BCUT2D eigenvalue weighted by atomic mass is 9.90. The second-order valence-electron chi connectivity index (χ2n) is 11.0. The molecule has 184 valence electrons. The van der Waals surface area contributed by atoms with Crippen LogP contribution in [0, 0.1) is 6.92 Å². The number of aromatic nitrogens is 5. The zero-order chi connectivity index (χ0) is 24.6. The Balaban J connectivity index is 1.60. The smallest absolute Gasteiger partial charge is 0.249 e. The number of nitrogens with zero attached hydrogens (tertiary/aromatic N) is 7. The second kappa shape index (κ2) is 9.29. The highest BCUT2D eigenvalue weighted by Crippen LogP contribution is 2.28. The largest absolute Gasteiger partial charge is 0.354 e. The Morgan fingerprint density at radius 2 is 1.58 bits per heavy atom. The molecular weight excluding hydrogens is 438 g/mol. The fourth-order valence-corrected chi connectivity index (χ4v) is 5.15. The van der Waals surface area contributed by atoms with Crippen LogP contribution in [-0.2, 0) is 27.7 Å². The maximum absolute atomic E-state index is 12.6. The summed E-state index contributed by atoms with van der Waals surface area (Å²) in [5.41, 5.74) is 0.890. The predicted octanol–water partition coefficient (Wildman–Crippen LogP) is 2.49. The number of hydrogen-bond donors (Lipinski definition) is 0. The van der Waals surface area contributed by atoms with E-state index in [0.29, 0.717) is 12.2 Å². The highest BCUT2D eigenvalue weighted by Gasteiger charge is 2.27. The Labute approximate surface area is 198 Å². The monoisotopic (exact) mass is 477 g/mol. The molecule has 3 rings (SSSR count). The average Bonchev–Trinajstić information content (AvgIpc) is 3.06. The normalized spacial score (nSPS) is 16.4. The molecule has 0 bridgehead atoms. The van der Waals surface area contributed by atoms with Gasteiger partial charge in [-0.1, -0.05) is 41.5 Å². The second-order valence-corrected chi connectivity index (χ2v) is 13.0. The van der Waals surface area contributed by atoms with Crippen molar-refractivity contribution in [3.63, 3.8) is 0 Å². The summed E-state index contributed by atoms with van der Waals surface area (Å²) >= 11 is 0. The average molecular weight is 478 g/mol. The van der Waals surface area contributed by atoms with Crippen molar-refractivity contribution < 1.29 is 8.42 Å². The molecule has 2 aromatic rings. The van der Waals surface area contributed by atoms with Gasteiger partial charge < -0.3 is 9.47 Å². The van der Waals surface area contributed by atoms with Gasteiger partial charge in [0.1, 0.15) is 17.5 Å². The van der Waals surface area contributed by atoms with Crippen LogP contribution in [-0.4, -0.2) is 76.5 Å². The summed E-state index contributed by atoms with van der Waals surface area (Å²) in [6, 6.07) is 2.13. The van der Waals surface area contributed by atoms with E-state index in [4.69, 9.17) is 9.97 Å². The molecule has 0 aliphatic carbocycles. The van der Waals surface area contributed by atoms with Gasteiger partial charge in [-0.05, 0) is 19.9 Å². The van der Waals surface area contributed by atoms with E-state index in [1.165, 1.54) is 4.57 Å². The first-order valence-corrected chi connectivity index (χ1v) is 13.3. The molecular formula is C23H39N7O2S. The number of sulfone groups is 1. The zero-order valence-electron chi connectivity index (χ0n) is 21.4. The fraction of sp³-hybridized carbons (Fsp3) is 0.739. The standard InChI is InChI=1S/C23H39N7O2S/c1-17-26-27-21(28(17)8)33(31,32)15-9-10-29-11-13-30(14-12-29)19-16-18(22(2,3)4)24-20(25-19)23(5,6)7/h16H,9-15H2,1-8H3. The topological polar surface area (TPSA) is 97.1 Å². The molecule has 0 spiro atoms. The minimum absolute atomic E-state index is 0.0493. The summed E-state index contributed by atoms with van der Waals surface area (Å²) < 4.78 is 26.7. The molecule has 1 aliphatic rings. The lowest BCUT2D eigenvalue weighted by Crippen LogP contribution is -2.47. The molecule has 0 saturated carbocycles. The van der Waals surface area contributed by atoms with Crippen molar-refractivity contribution in [3.8, 4) is 0 Å². The molecule has 0 aromatic carbocycles. The van der Waals surface area contributed by atoms with Crippen LogP contribution >= 0.6 is 0 Å². The van der Waals surface area contributed by atoms with Crippen molar-refractivity contribution in [2.75, 3.05) is 43.4 Å². The summed E-state index contributed by atoms with van der Waals surface area (Å²) in [5, 5.41) is 7.76. The van der Waals surface area contributed by atoms with Crippen LogP contribution in [0.25, 0.3) is 0 Å². The van der Waals surface area contributed by atoms with Crippen molar-refractivity contribution in [3.05, 3.63) is 23.4 Å². The molecule has 10 heteroatoms. The van der Waals surface area contributed by atoms with E-state index in [2.05, 4.69) is 67.6 Å². The quantitative estimate of drug-likeness (QED) is 0.626. The van der Waals surface area contributed by atoms with Crippen LogP contribution in [0.4, 0.5) is 5.82 Å². The van der Waals surface area contributed by atoms with Gasteiger partial charge in [0, 0.05) is 50.1 Å². The molecule has 3 heterocycles. The van der Waals surface area contributed by atoms with E-state index in [-0.39, 0.29) is 21.7 Å². The maximum atomic E-state index is 12.6. The highest BCUT2D eigenvalue weighted by atomic mass is 32.2. The summed E-state index contributed by atoms with van der Waals surface area (Å²) in [6.07, 6.45) is 0.574. The lowest BCUT2D eigenvalue weighted by Gasteiger charge is -2.36. The van der Waals surface area contributed by atoms with Crippen LogP contribution in [0.5, 0.6) is 0 Å². The fourth-order valence-electron chi connectivity index (χ4n) is 3.74. The van der Waals surface area contributed by atoms with Gasteiger partial charge in [0.15, 0.2) is 0 Å². The molecule has 0 atom stereocenters. The van der Waals surface area contributed by atoms with Crippen molar-refractivity contribution in [1.29, 1.82) is 0 Å². The molecule has 0 unspecified atom stereocenters. The number of hydrogen-bond acceptors (Lipinski definition) is 8. The van der Waals surface area contributed by atoms with Gasteiger partial charge in [-0.3, -0.25) is 4.90 Å². The first-order chi connectivity index (χ1) is 15.2. The Bertz CT molecular complexity index is 1040. The van der Waals surface area contributed by atoms with Gasteiger partial charge in [-0.25, -0.2) is 18.4 Å². The summed E-state index contributed by atoms with van der Waals surface area (Å²) in [4.78, 5) is 14.4.